The molecule has 2 rings (SSSR count). The van der Waals surface area contributed by atoms with Crippen LogP contribution in [0.25, 0.3) is 0 Å². The number of hydrogen-bond acceptors (Lipinski definition) is 6. The number of ether oxygens (including phenoxy) is 2. The number of methoxy groups -OCH3 is 2. The second-order valence-electron chi connectivity index (χ2n) is 5.17. The molecule has 25 heavy (non-hydrogen) atoms. The molecule has 0 bridgehead atoms. The molecule has 0 heterocycles. The van der Waals surface area contributed by atoms with Crippen molar-refractivity contribution in [3.8, 4) is 5.75 Å². The Morgan fingerprint density at radius 2 is 1.84 bits per heavy atom. The Bertz CT molecular complexity index is 867. The number of sulfonamides is 1. The second kappa shape index (κ2) is 8.06. The van der Waals surface area contributed by atoms with Crippen molar-refractivity contribution in [1.29, 1.82) is 0 Å². The van der Waals surface area contributed by atoms with Crippen molar-refractivity contribution in [3.05, 3.63) is 63.7 Å². The van der Waals surface area contributed by atoms with E-state index in [9.17, 15) is 18.5 Å². The van der Waals surface area contributed by atoms with Gasteiger partial charge in [-0.1, -0.05) is 24.3 Å². The Labute approximate surface area is 145 Å². The lowest BCUT2D eigenvalue weighted by atomic mass is 10.1. The van der Waals surface area contributed by atoms with Crippen LogP contribution >= 0.6 is 0 Å². The minimum Gasteiger partial charge on any atom is -0.490 e. The van der Waals surface area contributed by atoms with E-state index in [0.717, 1.165) is 17.2 Å². The van der Waals surface area contributed by atoms with Crippen LogP contribution in [0.15, 0.2) is 47.4 Å². The monoisotopic (exact) mass is 366 g/mol. The van der Waals surface area contributed by atoms with E-state index >= 15 is 0 Å². The molecule has 2 aromatic carbocycles. The third kappa shape index (κ3) is 4.75. The van der Waals surface area contributed by atoms with E-state index in [0.29, 0.717) is 6.61 Å². The van der Waals surface area contributed by atoms with Crippen LogP contribution in [-0.4, -0.2) is 27.6 Å². The maximum atomic E-state index is 12.4. The van der Waals surface area contributed by atoms with Gasteiger partial charge in [0.1, 0.15) is 0 Å². The summed E-state index contributed by atoms with van der Waals surface area (Å²) in [5.41, 5.74) is 1.26. The average molecular weight is 366 g/mol. The maximum absolute atomic E-state index is 12.4. The molecule has 0 spiro atoms. The van der Waals surface area contributed by atoms with Crippen LogP contribution in [0.1, 0.15) is 11.1 Å². The molecule has 9 heteroatoms. The van der Waals surface area contributed by atoms with E-state index in [4.69, 9.17) is 9.47 Å². The molecule has 0 saturated carbocycles. The number of nitro benzene ring substituents is 1. The van der Waals surface area contributed by atoms with Crippen molar-refractivity contribution < 1.29 is 22.8 Å². The molecule has 0 aliphatic rings. The van der Waals surface area contributed by atoms with Crippen molar-refractivity contribution in [1.82, 2.24) is 4.72 Å². The standard InChI is InChI=1S/C16H18N2O6S/c1-23-11-13-5-3-4-12(8-13)10-17-25(21,22)14-6-7-16(24-2)15(9-14)18(19)20/h3-9,17H,10-11H2,1-2H3. The Morgan fingerprint density at radius 3 is 2.48 bits per heavy atom. The molecule has 0 unspecified atom stereocenters. The highest BCUT2D eigenvalue weighted by atomic mass is 32.2. The van der Waals surface area contributed by atoms with Crippen LogP contribution in [0.2, 0.25) is 0 Å². The smallest absolute Gasteiger partial charge is 0.312 e. The highest BCUT2D eigenvalue weighted by molar-refractivity contribution is 7.89. The van der Waals surface area contributed by atoms with Gasteiger partial charge in [0.05, 0.1) is 23.5 Å². The molecule has 0 aliphatic heterocycles. The predicted molar refractivity (Wildman–Crippen MR) is 90.8 cm³/mol. The Balaban J connectivity index is 2.20. The summed E-state index contributed by atoms with van der Waals surface area (Å²) in [6.07, 6.45) is 0. The van der Waals surface area contributed by atoms with Crippen molar-refractivity contribution >= 4 is 15.7 Å². The summed E-state index contributed by atoms with van der Waals surface area (Å²) < 4.78 is 37.1. The molecule has 8 nitrogen and oxygen atoms in total. The van der Waals surface area contributed by atoms with E-state index < -0.39 is 20.6 Å². The number of nitrogens with zero attached hydrogens (tertiary/aromatic N) is 1. The molecule has 0 radical (unpaired) electrons. The van der Waals surface area contributed by atoms with Crippen LogP contribution in [0, 0.1) is 10.1 Å². The predicted octanol–water partition coefficient (Wildman–Crippen LogP) is 2.23. The maximum Gasteiger partial charge on any atom is 0.312 e. The lowest BCUT2D eigenvalue weighted by Crippen LogP contribution is -2.23. The fourth-order valence-corrected chi connectivity index (χ4v) is 3.27. The van der Waals surface area contributed by atoms with Crippen LogP contribution in [-0.2, 0) is 27.9 Å². The van der Waals surface area contributed by atoms with Crippen molar-refractivity contribution in [3.63, 3.8) is 0 Å². The summed E-state index contributed by atoms with van der Waals surface area (Å²) in [6.45, 7) is 0.477. The average Bonchev–Trinajstić information content (AvgIpc) is 2.60. The van der Waals surface area contributed by atoms with Crippen LogP contribution < -0.4 is 9.46 Å². The molecule has 0 amide bonds. The first-order valence-corrected chi connectivity index (χ1v) is 8.74. The summed E-state index contributed by atoms with van der Waals surface area (Å²) in [6, 6.07) is 10.8. The van der Waals surface area contributed by atoms with Crippen LogP contribution in [0.3, 0.4) is 0 Å². The summed E-state index contributed by atoms with van der Waals surface area (Å²) in [4.78, 5) is 10.1. The molecule has 0 fully saturated rings. The van der Waals surface area contributed by atoms with Gasteiger partial charge in [-0.2, -0.15) is 0 Å². The fourth-order valence-electron chi connectivity index (χ4n) is 2.24. The van der Waals surface area contributed by atoms with Gasteiger partial charge < -0.3 is 9.47 Å². The highest BCUT2D eigenvalue weighted by Crippen LogP contribution is 2.29. The van der Waals surface area contributed by atoms with Gasteiger partial charge in [0.15, 0.2) is 5.75 Å². The summed E-state index contributed by atoms with van der Waals surface area (Å²) >= 11 is 0. The molecular weight excluding hydrogens is 348 g/mol. The normalized spacial score (nSPS) is 11.3. The molecule has 0 aliphatic carbocycles. The number of rotatable bonds is 8. The lowest BCUT2D eigenvalue weighted by molar-refractivity contribution is -0.386. The molecular formula is C16H18N2O6S. The van der Waals surface area contributed by atoms with E-state index in [1.165, 1.54) is 19.2 Å². The van der Waals surface area contributed by atoms with Gasteiger partial charge in [-0.3, -0.25) is 10.1 Å². The third-order valence-corrected chi connectivity index (χ3v) is 4.82. The van der Waals surface area contributed by atoms with Crippen LogP contribution in [0.5, 0.6) is 5.75 Å². The summed E-state index contributed by atoms with van der Waals surface area (Å²) in [5, 5.41) is 11.0. The van der Waals surface area contributed by atoms with Gasteiger partial charge in [0, 0.05) is 19.7 Å². The molecule has 0 atom stereocenters. The molecule has 0 aromatic heterocycles. The van der Waals surface area contributed by atoms with Gasteiger partial charge in [-0.25, -0.2) is 13.1 Å². The van der Waals surface area contributed by atoms with Gasteiger partial charge in [0.2, 0.25) is 10.0 Å². The zero-order valence-electron chi connectivity index (χ0n) is 13.8. The SMILES string of the molecule is COCc1cccc(CNS(=O)(=O)c2ccc(OC)c([N+](=O)[O-])c2)c1. The first-order valence-electron chi connectivity index (χ1n) is 7.26. The lowest BCUT2D eigenvalue weighted by Gasteiger charge is -2.09. The van der Waals surface area contributed by atoms with Crippen molar-refractivity contribution in [2.24, 2.45) is 0 Å². The van der Waals surface area contributed by atoms with E-state index in [1.54, 1.807) is 19.2 Å². The highest BCUT2D eigenvalue weighted by Gasteiger charge is 2.21. The Hall–Kier alpha value is -2.49. The third-order valence-electron chi connectivity index (χ3n) is 3.43. The van der Waals surface area contributed by atoms with Gasteiger partial charge >= 0.3 is 5.69 Å². The largest absolute Gasteiger partial charge is 0.490 e. The first kappa shape index (κ1) is 18.8. The number of hydrogen-bond donors (Lipinski definition) is 1. The number of benzene rings is 2. The van der Waals surface area contributed by atoms with Gasteiger partial charge in [-0.15, -0.1) is 0 Å². The Morgan fingerprint density at radius 1 is 1.12 bits per heavy atom. The second-order valence-corrected chi connectivity index (χ2v) is 6.94. The Kier molecular flexibility index (Phi) is 6.07. The van der Waals surface area contributed by atoms with Gasteiger partial charge in [-0.05, 0) is 23.3 Å². The van der Waals surface area contributed by atoms with Gasteiger partial charge in [0.25, 0.3) is 0 Å². The zero-order valence-corrected chi connectivity index (χ0v) is 14.6. The minimum atomic E-state index is -3.91. The zero-order chi connectivity index (χ0) is 18.4. The topological polar surface area (TPSA) is 108 Å². The fraction of sp³-hybridized carbons (Fsp3) is 0.250. The van der Waals surface area contributed by atoms with E-state index in [2.05, 4.69) is 4.72 Å². The summed E-state index contributed by atoms with van der Waals surface area (Å²) in [5.74, 6) is -0.00350. The summed E-state index contributed by atoms with van der Waals surface area (Å²) in [7, 11) is -1.05. The molecule has 2 aromatic rings. The number of nitrogens with one attached hydrogen (secondary N) is 1. The van der Waals surface area contributed by atoms with E-state index in [1.807, 2.05) is 12.1 Å². The first-order chi connectivity index (χ1) is 11.9. The minimum absolute atomic E-state index is 0.00350. The van der Waals surface area contributed by atoms with E-state index in [-0.39, 0.29) is 17.2 Å². The molecule has 1 N–H and O–H groups in total. The van der Waals surface area contributed by atoms with Crippen LogP contribution in [0.4, 0.5) is 5.69 Å². The quantitative estimate of drug-likeness (QED) is 0.567. The van der Waals surface area contributed by atoms with Crippen molar-refractivity contribution in [2.75, 3.05) is 14.2 Å². The number of nitro groups is 1. The molecule has 0 saturated heterocycles. The molecule has 134 valence electrons. The van der Waals surface area contributed by atoms with Crippen molar-refractivity contribution in [2.45, 2.75) is 18.0 Å².